The number of rotatable bonds is 7. The van der Waals surface area contributed by atoms with E-state index in [1.54, 1.807) is 11.3 Å². The molecular formula is C16H21FN2S. The average Bonchev–Trinajstić information content (AvgIpc) is 2.99. The Bertz CT molecular complexity index is 496. The first-order chi connectivity index (χ1) is 9.70. The summed E-state index contributed by atoms with van der Waals surface area (Å²) in [6.45, 7) is 7.04. The molecule has 0 saturated carbocycles. The van der Waals surface area contributed by atoms with Gasteiger partial charge in [-0.15, -0.1) is 11.3 Å². The molecule has 0 saturated heterocycles. The summed E-state index contributed by atoms with van der Waals surface area (Å²) >= 11 is 1.78. The molecule has 0 bridgehead atoms. The minimum absolute atomic E-state index is 0.186. The molecule has 0 aliphatic carbocycles. The van der Waals surface area contributed by atoms with E-state index in [0.717, 1.165) is 25.3 Å². The number of nitrogens with one attached hydrogen (secondary N) is 1. The number of hydrogen-bond donors (Lipinski definition) is 1. The van der Waals surface area contributed by atoms with E-state index in [1.165, 1.54) is 17.0 Å². The molecule has 0 spiro atoms. The van der Waals surface area contributed by atoms with E-state index in [9.17, 15) is 4.39 Å². The Kier molecular flexibility index (Phi) is 5.56. The van der Waals surface area contributed by atoms with Gasteiger partial charge >= 0.3 is 0 Å². The van der Waals surface area contributed by atoms with Crippen molar-refractivity contribution >= 4 is 17.0 Å². The van der Waals surface area contributed by atoms with Crippen LogP contribution in [0.4, 0.5) is 10.1 Å². The van der Waals surface area contributed by atoms with Crippen molar-refractivity contribution in [1.29, 1.82) is 0 Å². The minimum Gasteiger partial charge on any atom is -0.371 e. The lowest BCUT2D eigenvalue weighted by Gasteiger charge is -2.24. The fourth-order valence-corrected chi connectivity index (χ4v) is 2.93. The monoisotopic (exact) mass is 292 g/mol. The van der Waals surface area contributed by atoms with Crippen molar-refractivity contribution in [3.63, 3.8) is 0 Å². The van der Waals surface area contributed by atoms with Crippen LogP contribution >= 0.6 is 11.3 Å². The molecule has 2 aromatic rings. The Hall–Kier alpha value is -1.39. The zero-order valence-electron chi connectivity index (χ0n) is 12.0. The fraction of sp³-hybridized carbons (Fsp3) is 0.375. The maximum absolute atomic E-state index is 12.9. The van der Waals surface area contributed by atoms with Crippen molar-refractivity contribution in [3.8, 4) is 0 Å². The zero-order chi connectivity index (χ0) is 14.4. The quantitative estimate of drug-likeness (QED) is 0.827. The SMILES string of the molecule is CCN(CCNC(C)c1cccs1)c1ccc(F)cc1. The van der Waals surface area contributed by atoms with Crippen molar-refractivity contribution in [2.24, 2.45) is 0 Å². The first kappa shape index (κ1) is 15.0. The summed E-state index contributed by atoms with van der Waals surface area (Å²) in [5, 5.41) is 5.63. The topological polar surface area (TPSA) is 15.3 Å². The number of hydrogen-bond acceptors (Lipinski definition) is 3. The maximum Gasteiger partial charge on any atom is 0.123 e. The van der Waals surface area contributed by atoms with Crippen LogP contribution < -0.4 is 10.2 Å². The predicted molar refractivity (Wildman–Crippen MR) is 85.0 cm³/mol. The predicted octanol–water partition coefficient (Wildman–Crippen LogP) is 4.06. The number of benzene rings is 1. The van der Waals surface area contributed by atoms with Gasteiger partial charge < -0.3 is 10.2 Å². The summed E-state index contributed by atoms with van der Waals surface area (Å²) < 4.78 is 12.9. The van der Waals surface area contributed by atoms with Crippen LogP contribution in [0, 0.1) is 5.82 Å². The van der Waals surface area contributed by atoms with E-state index >= 15 is 0 Å². The third-order valence-electron chi connectivity index (χ3n) is 3.38. The van der Waals surface area contributed by atoms with Gasteiger partial charge in [0.25, 0.3) is 0 Å². The molecule has 0 fully saturated rings. The lowest BCUT2D eigenvalue weighted by molar-refractivity contribution is 0.578. The first-order valence-corrected chi connectivity index (χ1v) is 7.86. The van der Waals surface area contributed by atoms with Gasteiger partial charge in [-0.2, -0.15) is 0 Å². The van der Waals surface area contributed by atoms with Gasteiger partial charge in [-0.3, -0.25) is 0 Å². The molecule has 1 atom stereocenters. The van der Waals surface area contributed by atoms with Crippen LogP contribution in [0.5, 0.6) is 0 Å². The summed E-state index contributed by atoms with van der Waals surface area (Å²) in [7, 11) is 0. The average molecular weight is 292 g/mol. The number of thiophene rings is 1. The molecule has 108 valence electrons. The summed E-state index contributed by atoms with van der Waals surface area (Å²) in [5.74, 6) is -0.186. The Balaban J connectivity index is 1.83. The molecule has 1 heterocycles. The van der Waals surface area contributed by atoms with E-state index in [1.807, 2.05) is 12.1 Å². The highest BCUT2D eigenvalue weighted by molar-refractivity contribution is 7.10. The van der Waals surface area contributed by atoms with E-state index in [2.05, 4.69) is 41.6 Å². The van der Waals surface area contributed by atoms with Gasteiger partial charge in [-0.1, -0.05) is 6.07 Å². The van der Waals surface area contributed by atoms with Crippen molar-refractivity contribution in [1.82, 2.24) is 5.32 Å². The third-order valence-corrected chi connectivity index (χ3v) is 4.43. The number of likely N-dealkylation sites (N-methyl/N-ethyl adjacent to an activating group) is 1. The minimum atomic E-state index is -0.186. The van der Waals surface area contributed by atoms with Crippen LogP contribution in [0.25, 0.3) is 0 Å². The number of nitrogens with zero attached hydrogens (tertiary/aromatic N) is 1. The second-order valence-corrected chi connectivity index (χ2v) is 5.73. The second-order valence-electron chi connectivity index (χ2n) is 4.75. The second kappa shape index (κ2) is 7.41. The van der Waals surface area contributed by atoms with Gasteiger partial charge in [0.05, 0.1) is 0 Å². The Morgan fingerprint density at radius 2 is 2.00 bits per heavy atom. The van der Waals surface area contributed by atoms with Crippen LogP contribution in [0.3, 0.4) is 0 Å². The molecule has 2 rings (SSSR count). The van der Waals surface area contributed by atoms with E-state index in [-0.39, 0.29) is 5.82 Å². The Labute approximate surface area is 124 Å². The first-order valence-electron chi connectivity index (χ1n) is 6.98. The van der Waals surface area contributed by atoms with Crippen LogP contribution in [0.1, 0.15) is 24.8 Å². The van der Waals surface area contributed by atoms with Crippen molar-refractivity contribution in [3.05, 3.63) is 52.5 Å². The van der Waals surface area contributed by atoms with Gasteiger partial charge in [0, 0.05) is 36.2 Å². The fourth-order valence-electron chi connectivity index (χ4n) is 2.18. The van der Waals surface area contributed by atoms with Gasteiger partial charge in [0.15, 0.2) is 0 Å². The van der Waals surface area contributed by atoms with Crippen LogP contribution in [-0.2, 0) is 0 Å². The molecule has 1 aromatic carbocycles. The highest BCUT2D eigenvalue weighted by Crippen LogP contribution is 2.18. The third kappa shape index (κ3) is 4.05. The van der Waals surface area contributed by atoms with Gasteiger partial charge in [-0.05, 0) is 49.6 Å². The normalized spacial score (nSPS) is 12.3. The van der Waals surface area contributed by atoms with E-state index in [0.29, 0.717) is 6.04 Å². The van der Waals surface area contributed by atoms with E-state index < -0.39 is 0 Å². The molecule has 20 heavy (non-hydrogen) atoms. The molecule has 2 nitrogen and oxygen atoms in total. The van der Waals surface area contributed by atoms with Crippen molar-refractivity contribution in [2.45, 2.75) is 19.9 Å². The molecular weight excluding hydrogens is 271 g/mol. The molecule has 0 aliphatic heterocycles. The van der Waals surface area contributed by atoms with Crippen LogP contribution in [-0.4, -0.2) is 19.6 Å². The van der Waals surface area contributed by atoms with Crippen LogP contribution in [0.2, 0.25) is 0 Å². The lowest BCUT2D eigenvalue weighted by atomic mass is 10.2. The molecule has 0 radical (unpaired) electrons. The largest absolute Gasteiger partial charge is 0.371 e. The number of anilines is 1. The van der Waals surface area contributed by atoms with Crippen molar-refractivity contribution in [2.75, 3.05) is 24.5 Å². The van der Waals surface area contributed by atoms with Gasteiger partial charge in [0.2, 0.25) is 0 Å². The van der Waals surface area contributed by atoms with E-state index in [4.69, 9.17) is 0 Å². The Morgan fingerprint density at radius 3 is 2.60 bits per heavy atom. The highest BCUT2D eigenvalue weighted by atomic mass is 32.1. The Morgan fingerprint density at radius 1 is 1.25 bits per heavy atom. The molecule has 1 aromatic heterocycles. The molecule has 1 unspecified atom stereocenters. The standard InChI is InChI=1S/C16H21FN2S/c1-3-19(15-8-6-14(17)7-9-15)11-10-18-13(2)16-5-4-12-20-16/h4-9,12-13,18H,3,10-11H2,1-2H3. The molecule has 1 N–H and O–H groups in total. The summed E-state index contributed by atoms with van der Waals surface area (Å²) in [4.78, 5) is 3.60. The summed E-state index contributed by atoms with van der Waals surface area (Å²) in [6.07, 6.45) is 0. The summed E-state index contributed by atoms with van der Waals surface area (Å²) in [6, 6.07) is 11.3. The molecule has 0 amide bonds. The smallest absolute Gasteiger partial charge is 0.123 e. The van der Waals surface area contributed by atoms with Crippen molar-refractivity contribution < 1.29 is 4.39 Å². The molecule has 0 aliphatic rings. The molecule has 4 heteroatoms. The maximum atomic E-state index is 12.9. The van der Waals surface area contributed by atoms with Gasteiger partial charge in [0.1, 0.15) is 5.82 Å². The highest BCUT2D eigenvalue weighted by Gasteiger charge is 2.07. The number of halogens is 1. The van der Waals surface area contributed by atoms with Crippen LogP contribution in [0.15, 0.2) is 41.8 Å². The zero-order valence-corrected chi connectivity index (χ0v) is 12.8. The lowest BCUT2D eigenvalue weighted by Crippen LogP contribution is -2.33. The van der Waals surface area contributed by atoms with Gasteiger partial charge in [-0.25, -0.2) is 4.39 Å². The summed E-state index contributed by atoms with van der Waals surface area (Å²) in [5.41, 5.74) is 1.07.